The van der Waals surface area contributed by atoms with Crippen molar-refractivity contribution >= 4 is 28.6 Å². The number of ether oxygens (including phenoxy) is 2. The van der Waals surface area contributed by atoms with Crippen molar-refractivity contribution in [1.82, 2.24) is 14.5 Å². The van der Waals surface area contributed by atoms with E-state index in [0.29, 0.717) is 55.5 Å². The molecule has 2 saturated heterocycles. The van der Waals surface area contributed by atoms with Gasteiger partial charge in [0.15, 0.2) is 5.16 Å². The molecule has 2 aliphatic heterocycles. The number of morpholine rings is 1. The van der Waals surface area contributed by atoms with Crippen LogP contribution in [-0.2, 0) is 20.8 Å². The van der Waals surface area contributed by atoms with Gasteiger partial charge in [-0.1, -0.05) is 54.2 Å². The van der Waals surface area contributed by atoms with Gasteiger partial charge in [0, 0.05) is 19.7 Å². The quantitative estimate of drug-likeness (QED) is 0.411. The van der Waals surface area contributed by atoms with Crippen molar-refractivity contribution in [2.75, 3.05) is 32.9 Å². The van der Waals surface area contributed by atoms with Crippen LogP contribution in [0.3, 0.4) is 0 Å². The van der Waals surface area contributed by atoms with Gasteiger partial charge in [-0.3, -0.25) is 14.2 Å². The Morgan fingerprint density at radius 3 is 2.58 bits per heavy atom. The molecule has 1 aromatic heterocycles. The highest BCUT2D eigenvalue weighted by molar-refractivity contribution is 8.00. The van der Waals surface area contributed by atoms with Crippen molar-refractivity contribution in [3.05, 3.63) is 70.5 Å². The zero-order chi connectivity index (χ0) is 22.6. The van der Waals surface area contributed by atoms with Crippen molar-refractivity contribution in [3.8, 4) is 0 Å². The van der Waals surface area contributed by atoms with Crippen molar-refractivity contribution in [2.24, 2.45) is 0 Å². The van der Waals surface area contributed by atoms with E-state index < -0.39 is 5.25 Å². The zero-order valence-corrected chi connectivity index (χ0v) is 19.2. The average molecular weight is 466 g/mol. The van der Waals surface area contributed by atoms with E-state index >= 15 is 0 Å². The summed E-state index contributed by atoms with van der Waals surface area (Å²) in [6.45, 7) is 3.36. The molecule has 0 bridgehead atoms. The fourth-order valence-electron chi connectivity index (χ4n) is 4.33. The fourth-order valence-corrected chi connectivity index (χ4v) is 5.52. The molecule has 2 aromatic carbocycles. The van der Waals surface area contributed by atoms with Crippen molar-refractivity contribution < 1.29 is 14.3 Å². The van der Waals surface area contributed by atoms with E-state index in [9.17, 15) is 9.59 Å². The summed E-state index contributed by atoms with van der Waals surface area (Å²) >= 11 is 1.35. The first-order valence-electron chi connectivity index (χ1n) is 11.4. The lowest BCUT2D eigenvalue weighted by atomic mass is 10.1. The smallest absolute Gasteiger partial charge is 0.262 e. The normalized spacial score (nSPS) is 19.6. The minimum absolute atomic E-state index is 0.0144. The van der Waals surface area contributed by atoms with Gasteiger partial charge in [-0.25, -0.2) is 4.98 Å². The SMILES string of the molecule is O=C(C(Sc1nc2ccccc2c(=O)n1CC1CCCO1)c1ccccc1)N1CCOCC1. The lowest BCUT2D eigenvalue weighted by molar-refractivity contribution is -0.134. The number of para-hydroxylation sites is 1. The van der Waals surface area contributed by atoms with Crippen LogP contribution in [0.4, 0.5) is 0 Å². The molecule has 2 fully saturated rings. The Morgan fingerprint density at radius 1 is 1.06 bits per heavy atom. The van der Waals surface area contributed by atoms with Crippen LogP contribution in [0.25, 0.3) is 10.9 Å². The maximum atomic E-state index is 13.6. The van der Waals surface area contributed by atoms with Gasteiger partial charge in [-0.2, -0.15) is 0 Å². The Hall–Kier alpha value is -2.68. The molecule has 0 saturated carbocycles. The van der Waals surface area contributed by atoms with Crippen LogP contribution < -0.4 is 5.56 Å². The van der Waals surface area contributed by atoms with E-state index in [2.05, 4.69) is 0 Å². The number of benzene rings is 2. The van der Waals surface area contributed by atoms with Crippen LogP contribution in [0.1, 0.15) is 23.7 Å². The summed E-state index contributed by atoms with van der Waals surface area (Å²) in [5.74, 6) is 0.0144. The first-order valence-corrected chi connectivity index (χ1v) is 12.3. The molecule has 3 heterocycles. The Bertz CT molecular complexity index is 1170. The minimum atomic E-state index is -0.506. The van der Waals surface area contributed by atoms with Crippen molar-refractivity contribution in [1.29, 1.82) is 0 Å². The predicted molar refractivity (Wildman–Crippen MR) is 127 cm³/mol. The number of carbonyl (C=O) groups excluding carboxylic acids is 1. The van der Waals surface area contributed by atoms with Crippen molar-refractivity contribution in [3.63, 3.8) is 0 Å². The first-order chi connectivity index (χ1) is 16.2. The van der Waals surface area contributed by atoms with Crippen LogP contribution in [0, 0.1) is 0 Å². The van der Waals surface area contributed by atoms with Crippen LogP contribution in [0.2, 0.25) is 0 Å². The topological polar surface area (TPSA) is 73.7 Å². The second kappa shape index (κ2) is 10.1. The van der Waals surface area contributed by atoms with E-state index in [1.807, 2.05) is 53.4 Å². The van der Waals surface area contributed by atoms with E-state index in [1.54, 1.807) is 10.6 Å². The molecule has 33 heavy (non-hydrogen) atoms. The molecule has 172 valence electrons. The zero-order valence-electron chi connectivity index (χ0n) is 18.4. The monoisotopic (exact) mass is 465 g/mol. The molecule has 1 amide bonds. The third-order valence-corrected chi connectivity index (χ3v) is 7.34. The molecule has 0 aliphatic carbocycles. The number of hydrogen-bond donors (Lipinski definition) is 0. The van der Waals surface area contributed by atoms with Gasteiger partial charge in [0.05, 0.1) is 36.8 Å². The number of hydrogen-bond acceptors (Lipinski definition) is 6. The summed E-state index contributed by atoms with van der Waals surface area (Å²) in [4.78, 5) is 33.8. The number of fused-ring (bicyclic) bond motifs is 1. The Morgan fingerprint density at radius 2 is 1.82 bits per heavy atom. The molecule has 3 aromatic rings. The molecule has 2 unspecified atom stereocenters. The summed E-state index contributed by atoms with van der Waals surface area (Å²) in [5.41, 5.74) is 1.44. The number of nitrogens with zero attached hydrogens (tertiary/aromatic N) is 3. The summed E-state index contributed by atoms with van der Waals surface area (Å²) in [7, 11) is 0. The highest BCUT2D eigenvalue weighted by atomic mass is 32.2. The van der Waals surface area contributed by atoms with Gasteiger partial charge in [0.2, 0.25) is 5.91 Å². The molecule has 2 atom stereocenters. The van der Waals surface area contributed by atoms with E-state index in [1.165, 1.54) is 11.8 Å². The molecule has 0 spiro atoms. The number of thioether (sulfide) groups is 1. The standard InChI is InChI=1S/C25H27N3O4S/c29-23-20-10-4-5-11-21(20)26-25(28(23)17-19-9-6-14-32-19)33-22(18-7-2-1-3-8-18)24(30)27-12-15-31-16-13-27/h1-5,7-8,10-11,19,22H,6,9,12-17H2. The van der Waals surface area contributed by atoms with Gasteiger partial charge < -0.3 is 14.4 Å². The maximum absolute atomic E-state index is 13.6. The first kappa shape index (κ1) is 22.1. The van der Waals surface area contributed by atoms with Gasteiger partial charge in [0.25, 0.3) is 5.56 Å². The molecular formula is C25H27N3O4S. The molecular weight excluding hydrogens is 438 g/mol. The summed E-state index contributed by atoms with van der Waals surface area (Å²) in [5, 5.41) is 0.619. The second-order valence-electron chi connectivity index (χ2n) is 8.31. The highest BCUT2D eigenvalue weighted by Crippen LogP contribution is 2.36. The molecule has 0 N–H and O–H groups in total. The Labute approximate surface area is 196 Å². The molecule has 5 rings (SSSR count). The Balaban J connectivity index is 1.56. The molecule has 2 aliphatic rings. The molecule has 0 radical (unpaired) electrons. The lowest BCUT2D eigenvalue weighted by Crippen LogP contribution is -2.42. The van der Waals surface area contributed by atoms with Crippen LogP contribution in [0.15, 0.2) is 64.5 Å². The van der Waals surface area contributed by atoms with E-state index in [-0.39, 0.29) is 17.6 Å². The van der Waals surface area contributed by atoms with Crippen molar-refractivity contribution in [2.45, 2.75) is 35.9 Å². The number of amides is 1. The summed E-state index contributed by atoms with van der Waals surface area (Å²) in [6, 6.07) is 17.1. The second-order valence-corrected chi connectivity index (χ2v) is 9.38. The summed E-state index contributed by atoms with van der Waals surface area (Å²) < 4.78 is 13.0. The molecule has 8 heteroatoms. The number of carbonyl (C=O) groups is 1. The lowest BCUT2D eigenvalue weighted by Gasteiger charge is -2.30. The number of rotatable bonds is 6. The van der Waals surface area contributed by atoms with Gasteiger partial charge in [-0.15, -0.1) is 0 Å². The predicted octanol–water partition coefficient (Wildman–Crippen LogP) is 3.27. The van der Waals surface area contributed by atoms with E-state index in [0.717, 1.165) is 18.4 Å². The van der Waals surface area contributed by atoms with Gasteiger partial charge >= 0.3 is 0 Å². The maximum Gasteiger partial charge on any atom is 0.262 e. The third kappa shape index (κ3) is 4.83. The highest BCUT2D eigenvalue weighted by Gasteiger charge is 2.30. The minimum Gasteiger partial charge on any atom is -0.378 e. The molecule has 7 nitrogen and oxygen atoms in total. The third-order valence-electron chi connectivity index (χ3n) is 6.11. The van der Waals surface area contributed by atoms with Crippen LogP contribution >= 0.6 is 11.8 Å². The van der Waals surface area contributed by atoms with Crippen LogP contribution in [0.5, 0.6) is 0 Å². The van der Waals surface area contributed by atoms with Gasteiger partial charge in [0.1, 0.15) is 5.25 Å². The van der Waals surface area contributed by atoms with Crippen LogP contribution in [-0.4, -0.2) is 59.4 Å². The number of aromatic nitrogens is 2. The largest absolute Gasteiger partial charge is 0.378 e. The summed E-state index contributed by atoms with van der Waals surface area (Å²) in [6.07, 6.45) is 1.89. The average Bonchev–Trinajstić information content (AvgIpc) is 3.39. The van der Waals surface area contributed by atoms with E-state index in [4.69, 9.17) is 14.5 Å². The van der Waals surface area contributed by atoms with Gasteiger partial charge in [-0.05, 0) is 30.5 Å². The fraction of sp³-hybridized carbons (Fsp3) is 0.400. The Kier molecular flexibility index (Phi) is 6.75.